The van der Waals surface area contributed by atoms with Gasteiger partial charge in [-0.15, -0.1) is 0 Å². The lowest BCUT2D eigenvalue weighted by Crippen LogP contribution is -2.19. The summed E-state index contributed by atoms with van der Waals surface area (Å²) in [4.78, 5) is 18.2. The fourth-order valence-corrected chi connectivity index (χ4v) is 1.60. The first-order valence-electron chi connectivity index (χ1n) is 5.48. The van der Waals surface area contributed by atoms with E-state index in [-0.39, 0.29) is 17.5 Å². The normalized spacial score (nSPS) is 12.7. The SMILES string of the molecule is CCCC(OC)c1nc(O)c(CC)c(=O)[nH]1. The van der Waals surface area contributed by atoms with Crippen LogP contribution in [0.25, 0.3) is 0 Å². The highest BCUT2D eigenvalue weighted by molar-refractivity contribution is 5.22. The summed E-state index contributed by atoms with van der Waals surface area (Å²) in [6.45, 7) is 3.82. The van der Waals surface area contributed by atoms with Crippen molar-refractivity contribution in [1.82, 2.24) is 9.97 Å². The standard InChI is InChI=1S/C11H18N2O3/c1-4-6-8(16-3)9-12-10(14)7(5-2)11(15)13-9/h8H,4-6H2,1-3H3,(H2,12,13,14,15). The summed E-state index contributed by atoms with van der Waals surface area (Å²) >= 11 is 0. The molecule has 0 saturated carbocycles. The van der Waals surface area contributed by atoms with E-state index in [1.54, 1.807) is 14.0 Å². The fraction of sp³-hybridized carbons (Fsp3) is 0.636. The van der Waals surface area contributed by atoms with Crippen molar-refractivity contribution >= 4 is 0 Å². The first-order valence-corrected chi connectivity index (χ1v) is 5.48. The molecule has 5 nitrogen and oxygen atoms in total. The molecule has 5 heteroatoms. The second-order valence-corrected chi connectivity index (χ2v) is 3.62. The molecule has 0 aliphatic carbocycles. The van der Waals surface area contributed by atoms with E-state index < -0.39 is 0 Å². The molecule has 16 heavy (non-hydrogen) atoms. The van der Waals surface area contributed by atoms with Crippen molar-refractivity contribution in [1.29, 1.82) is 0 Å². The van der Waals surface area contributed by atoms with Gasteiger partial charge in [0.2, 0.25) is 5.88 Å². The molecule has 2 N–H and O–H groups in total. The lowest BCUT2D eigenvalue weighted by Gasteiger charge is -2.14. The number of H-pyrrole nitrogens is 1. The molecular formula is C11H18N2O3. The van der Waals surface area contributed by atoms with Gasteiger partial charge in [0.05, 0.1) is 5.56 Å². The summed E-state index contributed by atoms with van der Waals surface area (Å²) in [7, 11) is 1.56. The number of nitrogens with one attached hydrogen (secondary N) is 1. The van der Waals surface area contributed by atoms with Gasteiger partial charge in [-0.25, -0.2) is 0 Å². The molecule has 1 unspecified atom stereocenters. The molecule has 0 spiro atoms. The highest BCUT2D eigenvalue weighted by Gasteiger charge is 2.16. The van der Waals surface area contributed by atoms with Gasteiger partial charge in [-0.2, -0.15) is 4.98 Å². The molecule has 0 radical (unpaired) electrons. The molecule has 0 aliphatic rings. The number of aromatic nitrogens is 2. The van der Waals surface area contributed by atoms with E-state index in [9.17, 15) is 9.90 Å². The second kappa shape index (κ2) is 5.65. The predicted molar refractivity (Wildman–Crippen MR) is 60.6 cm³/mol. The zero-order chi connectivity index (χ0) is 12.1. The number of hydrogen-bond donors (Lipinski definition) is 2. The number of aromatic hydroxyl groups is 1. The van der Waals surface area contributed by atoms with Crippen LogP contribution in [0, 0.1) is 0 Å². The molecule has 0 fully saturated rings. The minimum atomic E-state index is -0.289. The average molecular weight is 226 g/mol. The van der Waals surface area contributed by atoms with Crippen molar-refractivity contribution in [3.63, 3.8) is 0 Å². The monoisotopic (exact) mass is 226 g/mol. The molecule has 0 amide bonds. The predicted octanol–water partition coefficient (Wildman–Crippen LogP) is 1.53. The molecule has 1 heterocycles. The Morgan fingerprint density at radius 3 is 2.62 bits per heavy atom. The van der Waals surface area contributed by atoms with E-state index in [4.69, 9.17) is 4.74 Å². The zero-order valence-electron chi connectivity index (χ0n) is 9.91. The maximum absolute atomic E-state index is 11.6. The van der Waals surface area contributed by atoms with Gasteiger partial charge < -0.3 is 14.8 Å². The lowest BCUT2D eigenvalue weighted by atomic mass is 10.2. The third-order valence-corrected chi connectivity index (χ3v) is 2.51. The van der Waals surface area contributed by atoms with E-state index in [0.29, 0.717) is 17.8 Å². The summed E-state index contributed by atoms with van der Waals surface area (Å²) < 4.78 is 5.22. The molecule has 1 aromatic heterocycles. The van der Waals surface area contributed by atoms with Crippen molar-refractivity contribution in [3.8, 4) is 5.88 Å². The Hall–Kier alpha value is -1.36. The highest BCUT2D eigenvalue weighted by atomic mass is 16.5. The van der Waals surface area contributed by atoms with Gasteiger partial charge in [0.25, 0.3) is 5.56 Å². The van der Waals surface area contributed by atoms with Crippen molar-refractivity contribution < 1.29 is 9.84 Å². The topological polar surface area (TPSA) is 75.2 Å². The number of hydrogen-bond acceptors (Lipinski definition) is 4. The number of rotatable bonds is 5. The van der Waals surface area contributed by atoms with Crippen LogP contribution in [0.15, 0.2) is 4.79 Å². The Bertz CT molecular complexity index is 401. The Labute approximate surface area is 94.5 Å². The number of ether oxygens (including phenoxy) is 1. The van der Waals surface area contributed by atoms with Crippen LogP contribution in [0.3, 0.4) is 0 Å². The van der Waals surface area contributed by atoms with E-state index >= 15 is 0 Å². The third-order valence-electron chi connectivity index (χ3n) is 2.51. The number of aromatic amines is 1. The molecule has 0 aromatic carbocycles. The molecule has 0 aliphatic heterocycles. The Kier molecular flexibility index (Phi) is 4.49. The van der Waals surface area contributed by atoms with Crippen LogP contribution in [0.4, 0.5) is 0 Å². The van der Waals surface area contributed by atoms with Crippen LogP contribution in [0.2, 0.25) is 0 Å². The first-order chi connectivity index (χ1) is 7.63. The van der Waals surface area contributed by atoms with Gasteiger partial charge in [-0.1, -0.05) is 20.3 Å². The average Bonchev–Trinajstić information content (AvgIpc) is 2.25. The van der Waals surface area contributed by atoms with Crippen LogP contribution in [-0.4, -0.2) is 22.2 Å². The molecule has 1 atom stereocenters. The minimum Gasteiger partial charge on any atom is -0.493 e. The Morgan fingerprint density at radius 2 is 2.19 bits per heavy atom. The summed E-state index contributed by atoms with van der Waals surface area (Å²) in [6.07, 6.45) is 1.86. The van der Waals surface area contributed by atoms with E-state index in [2.05, 4.69) is 9.97 Å². The number of nitrogens with zero attached hydrogens (tertiary/aromatic N) is 1. The second-order valence-electron chi connectivity index (χ2n) is 3.62. The summed E-state index contributed by atoms with van der Waals surface area (Å²) in [5, 5.41) is 9.60. The molecule has 0 saturated heterocycles. The largest absolute Gasteiger partial charge is 0.493 e. The fourth-order valence-electron chi connectivity index (χ4n) is 1.60. The van der Waals surface area contributed by atoms with Gasteiger partial charge in [-0.05, 0) is 12.8 Å². The van der Waals surface area contributed by atoms with Gasteiger partial charge >= 0.3 is 0 Å². The smallest absolute Gasteiger partial charge is 0.257 e. The van der Waals surface area contributed by atoms with Gasteiger partial charge in [0.15, 0.2) is 0 Å². The van der Waals surface area contributed by atoms with Gasteiger partial charge in [0.1, 0.15) is 11.9 Å². The quantitative estimate of drug-likeness (QED) is 0.798. The number of methoxy groups -OCH3 is 1. The van der Waals surface area contributed by atoms with Crippen molar-refractivity contribution in [2.45, 2.75) is 39.2 Å². The highest BCUT2D eigenvalue weighted by Crippen LogP contribution is 2.20. The van der Waals surface area contributed by atoms with Crippen LogP contribution < -0.4 is 5.56 Å². The van der Waals surface area contributed by atoms with Crippen LogP contribution in [-0.2, 0) is 11.2 Å². The molecule has 1 aromatic rings. The van der Waals surface area contributed by atoms with Crippen LogP contribution in [0.1, 0.15) is 44.2 Å². The lowest BCUT2D eigenvalue weighted by molar-refractivity contribution is 0.0867. The summed E-state index contributed by atoms with van der Waals surface area (Å²) in [5.41, 5.74) is 0.0262. The van der Waals surface area contributed by atoms with E-state index in [0.717, 1.165) is 12.8 Å². The molecular weight excluding hydrogens is 208 g/mol. The first kappa shape index (κ1) is 12.7. The zero-order valence-corrected chi connectivity index (χ0v) is 9.91. The summed E-state index contributed by atoms with van der Waals surface area (Å²) in [5.74, 6) is 0.198. The van der Waals surface area contributed by atoms with Crippen molar-refractivity contribution in [2.24, 2.45) is 0 Å². The van der Waals surface area contributed by atoms with E-state index in [1.807, 2.05) is 6.92 Å². The summed E-state index contributed by atoms with van der Waals surface area (Å²) in [6, 6.07) is 0. The molecule has 90 valence electrons. The van der Waals surface area contributed by atoms with Crippen LogP contribution >= 0.6 is 0 Å². The maximum Gasteiger partial charge on any atom is 0.257 e. The van der Waals surface area contributed by atoms with Crippen molar-refractivity contribution in [3.05, 3.63) is 21.7 Å². The van der Waals surface area contributed by atoms with Crippen molar-refractivity contribution in [2.75, 3.05) is 7.11 Å². The minimum absolute atomic E-state index is 0.195. The third kappa shape index (κ3) is 2.61. The Morgan fingerprint density at radius 1 is 1.50 bits per heavy atom. The van der Waals surface area contributed by atoms with E-state index in [1.165, 1.54) is 0 Å². The molecule has 0 bridgehead atoms. The van der Waals surface area contributed by atoms with Gasteiger partial charge in [0, 0.05) is 7.11 Å². The van der Waals surface area contributed by atoms with Gasteiger partial charge in [-0.3, -0.25) is 4.79 Å². The van der Waals surface area contributed by atoms with Crippen LogP contribution in [0.5, 0.6) is 5.88 Å². The Balaban J connectivity index is 3.11. The molecule has 1 rings (SSSR count). The maximum atomic E-state index is 11.6.